The third-order valence-corrected chi connectivity index (χ3v) is 7.67. The number of thiazole rings is 1. The molecule has 2 aromatic carbocycles. The second-order valence-corrected chi connectivity index (χ2v) is 10.3. The van der Waals surface area contributed by atoms with Crippen LogP contribution in [-0.2, 0) is 16.6 Å². The summed E-state index contributed by atoms with van der Waals surface area (Å²) in [5, 5.41) is 0. The molecular formula is C18H18N2O4S3. The number of benzene rings is 2. The third kappa shape index (κ3) is 4.73. The maximum atomic E-state index is 12.2. The van der Waals surface area contributed by atoms with Crippen LogP contribution in [0.15, 0.2) is 46.8 Å². The van der Waals surface area contributed by atoms with Crippen molar-refractivity contribution >= 4 is 43.3 Å². The molecule has 1 aliphatic rings. The summed E-state index contributed by atoms with van der Waals surface area (Å²) in [5.41, 5.74) is 1.83. The van der Waals surface area contributed by atoms with Gasteiger partial charge in [0.05, 0.1) is 16.0 Å². The Morgan fingerprint density at radius 3 is 2.89 bits per heavy atom. The molecule has 6 nitrogen and oxygen atoms in total. The molecule has 0 atom stereocenters. The molecule has 0 aliphatic carbocycles. The fraction of sp³-hybridized carbons (Fsp3) is 0.278. The molecule has 2 heterocycles. The molecule has 0 saturated carbocycles. The number of ether oxygens (including phenoxy) is 2. The maximum absolute atomic E-state index is 12.2. The van der Waals surface area contributed by atoms with E-state index in [0.29, 0.717) is 23.7 Å². The molecule has 0 unspecified atom stereocenters. The lowest BCUT2D eigenvalue weighted by atomic mass is 10.2. The Morgan fingerprint density at radius 2 is 2.00 bits per heavy atom. The Morgan fingerprint density at radius 1 is 1.15 bits per heavy atom. The number of nitrogens with one attached hydrogen (secondary N) is 1. The molecule has 0 saturated heterocycles. The van der Waals surface area contributed by atoms with Gasteiger partial charge < -0.3 is 9.47 Å². The molecular weight excluding hydrogens is 404 g/mol. The third-order valence-electron chi connectivity index (χ3n) is 3.99. The van der Waals surface area contributed by atoms with Crippen LogP contribution >= 0.6 is 23.1 Å². The Bertz CT molecular complexity index is 1020. The second-order valence-electron chi connectivity index (χ2n) is 5.98. The summed E-state index contributed by atoms with van der Waals surface area (Å²) in [6.45, 7) is 0.445. The zero-order valence-corrected chi connectivity index (χ0v) is 16.8. The lowest BCUT2D eigenvalue weighted by Crippen LogP contribution is -2.26. The SMILES string of the molecule is O=S(=O)(CCCSc1nc2ccccc2s1)NCc1ccc2c(c1)OCO2. The first-order valence-corrected chi connectivity index (χ1v) is 11.9. The van der Waals surface area contributed by atoms with Gasteiger partial charge in [-0.15, -0.1) is 11.3 Å². The van der Waals surface area contributed by atoms with E-state index in [0.717, 1.165) is 20.1 Å². The van der Waals surface area contributed by atoms with Gasteiger partial charge in [-0.3, -0.25) is 0 Å². The molecule has 0 bridgehead atoms. The monoisotopic (exact) mass is 422 g/mol. The van der Waals surface area contributed by atoms with E-state index in [1.54, 1.807) is 35.2 Å². The van der Waals surface area contributed by atoms with Gasteiger partial charge in [-0.2, -0.15) is 0 Å². The van der Waals surface area contributed by atoms with Gasteiger partial charge in [-0.1, -0.05) is 30.0 Å². The van der Waals surface area contributed by atoms with Gasteiger partial charge in [-0.25, -0.2) is 18.1 Å². The highest BCUT2D eigenvalue weighted by molar-refractivity contribution is 8.01. The lowest BCUT2D eigenvalue weighted by molar-refractivity contribution is 0.174. The van der Waals surface area contributed by atoms with Crippen molar-refractivity contribution in [2.75, 3.05) is 18.3 Å². The quantitative estimate of drug-likeness (QED) is 0.441. The second kappa shape index (κ2) is 8.05. The van der Waals surface area contributed by atoms with Gasteiger partial charge in [0, 0.05) is 12.3 Å². The average molecular weight is 423 g/mol. The first kappa shape index (κ1) is 18.5. The molecule has 1 aliphatic heterocycles. The number of rotatable bonds is 8. The number of hydrogen-bond donors (Lipinski definition) is 1. The van der Waals surface area contributed by atoms with Crippen LogP contribution in [0.3, 0.4) is 0 Å². The molecule has 3 aromatic rings. The number of sulfonamides is 1. The van der Waals surface area contributed by atoms with Crippen molar-refractivity contribution < 1.29 is 17.9 Å². The molecule has 4 rings (SSSR count). The van der Waals surface area contributed by atoms with Gasteiger partial charge in [0.2, 0.25) is 16.8 Å². The fourth-order valence-electron chi connectivity index (χ4n) is 2.64. The van der Waals surface area contributed by atoms with Crippen molar-refractivity contribution in [3.8, 4) is 11.5 Å². The van der Waals surface area contributed by atoms with E-state index >= 15 is 0 Å². The molecule has 0 fully saturated rings. The Hall–Kier alpha value is -1.81. The lowest BCUT2D eigenvalue weighted by Gasteiger charge is -2.07. The van der Waals surface area contributed by atoms with Crippen molar-refractivity contribution in [1.29, 1.82) is 0 Å². The molecule has 1 N–H and O–H groups in total. The van der Waals surface area contributed by atoms with Crippen molar-refractivity contribution in [3.63, 3.8) is 0 Å². The minimum Gasteiger partial charge on any atom is -0.454 e. The zero-order valence-electron chi connectivity index (χ0n) is 14.4. The van der Waals surface area contributed by atoms with Crippen LogP contribution in [0.2, 0.25) is 0 Å². The Labute approximate surface area is 166 Å². The van der Waals surface area contributed by atoms with Crippen molar-refractivity contribution in [3.05, 3.63) is 48.0 Å². The maximum Gasteiger partial charge on any atom is 0.231 e. The number of aromatic nitrogens is 1. The first-order chi connectivity index (χ1) is 13.1. The summed E-state index contributed by atoms with van der Waals surface area (Å²) in [6.07, 6.45) is 0.567. The molecule has 0 spiro atoms. The number of hydrogen-bond acceptors (Lipinski definition) is 7. The van der Waals surface area contributed by atoms with Crippen LogP contribution in [0.1, 0.15) is 12.0 Å². The van der Waals surface area contributed by atoms with E-state index in [9.17, 15) is 8.42 Å². The van der Waals surface area contributed by atoms with Gasteiger partial charge >= 0.3 is 0 Å². The number of para-hydroxylation sites is 1. The summed E-state index contributed by atoms with van der Waals surface area (Å²) >= 11 is 3.24. The van der Waals surface area contributed by atoms with Crippen molar-refractivity contribution in [1.82, 2.24) is 9.71 Å². The smallest absolute Gasteiger partial charge is 0.231 e. The zero-order chi connectivity index (χ0) is 18.7. The van der Waals surface area contributed by atoms with E-state index in [1.807, 2.05) is 30.3 Å². The average Bonchev–Trinajstić information content (AvgIpc) is 3.29. The normalized spacial score (nSPS) is 13.3. The van der Waals surface area contributed by atoms with E-state index in [1.165, 1.54) is 0 Å². The predicted octanol–water partition coefficient (Wildman–Crippen LogP) is 3.63. The summed E-state index contributed by atoms with van der Waals surface area (Å²) in [6, 6.07) is 13.4. The number of fused-ring (bicyclic) bond motifs is 2. The minimum atomic E-state index is -3.33. The van der Waals surface area contributed by atoms with Gasteiger partial charge in [-0.05, 0) is 36.2 Å². The molecule has 27 heavy (non-hydrogen) atoms. The van der Waals surface area contributed by atoms with Crippen LogP contribution in [0.25, 0.3) is 10.2 Å². The highest BCUT2D eigenvalue weighted by Crippen LogP contribution is 2.32. The molecule has 0 radical (unpaired) electrons. The number of thioether (sulfide) groups is 1. The van der Waals surface area contributed by atoms with E-state index < -0.39 is 10.0 Å². The first-order valence-electron chi connectivity index (χ1n) is 8.43. The Kier molecular flexibility index (Phi) is 5.53. The van der Waals surface area contributed by atoms with E-state index in [2.05, 4.69) is 9.71 Å². The predicted molar refractivity (Wildman–Crippen MR) is 108 cm³/mol. The largest absolute Gasteiger partial charge is 0.454 e. The van der Waals surface area contributed by atoms with Crippen LogP contribution in [0, 0.1) is 0 Å². The Balaban J connectivity index is 1.23. The topological polar surface area (TPSA) is 77.5 Å². The van der Waals surface area contributed by atoms with E-state index in [-0.39, 0.29) is 19.1 Å². The van der Waals surface area contributed by atoms with Crippen LogP contribution < -0.4 is 14.2 Å². The minimum absolute atomic E-state index is 0.0927. The standard InChI is InChI=1S/C18H18N2O4S3/c21-27(22,19-11-13-6-7-15-16(10-13)24-12-23-15)9-3-8-25-18-20-14-4-1-2-5-17(14)26-18/h1-2,4-7,10,19H,3,8-9,11-12H2. The highest BCUT2D eigenvalue weighted by atomic mass is 32.2. The van der Waals surface area contributed by atoms with Crippen LogP contribution in [-0.4, -0.2) is 31.7 Å². The van der Waals surface area contributed by atoms with Crippen LogP contribution in [0.4, 0.5) is 0 Å². The molecule has 0 amide bonds. The van der Waals surface area contributed by atoms with Gasteiger partial charge in [0.15, 0.2) is 15.8 Å². The van der Waals surface area contributed by atoms with E-state index in [4.69, 9.17) is 9.47 Å². The van der Waals surface area contributed by atoms with Gasteiger partial charge in [0.25, 0.3) is 0 Å². The highest BCUT2D eigenvalue weighted by Gasteiger charge is 2.15. The molecule has 9 heteroatoms. The fourth-order valence-corrected chi connectivity index (χ4v) is 5.95. The van der Waals surface area contributed by atoms with Crippen molar-refractivity contribution in [2.45, 2.75) is 17.3 Å². The summed E-state index contributed by atoms with van der Waals surface area (Å²) in [7, 11) is -3.33. The number of nitrogens with zero attached hydrogens (tertiary/aromatic N) is 1. The van der Waals surface area contributed by atoms with Crippen LogP contribution in [0.5, 0.6) is 11.5 Å². The molecule has 1 aromatic heterocycles. The molecule has 142 valence electrons. The summed E-state index contributed by atoms with van der Waals surface area (Å²) in [4.78, 5) is 4.55. The summed E-state index contributed by atoms with van der Waals surface area (Å²) < 4.78 is 39.7. The van der Waals surface area contributed by atoms with Crippen molar-refractivity contribution in [2.24, 2.45) is 0 Å². The summed E-state index contributed by atoms with van der Waals surface area (Å²) in [5.74, 6) is 2.15. The van der Waals surface area contributed by atoms with Gasteiger partial charge in [0.1, 0.15) is 0 Å².